The van der Waals surface area contributed by atoms with Crippen molar-refractivity contribution in [3.05, 3.63) is 96.1 Å². The molecule has 1 atom stereocenters. The Morgan fingerprint density at radius 3 is 2.19 bits per heavy atom. The van der Waals surface area contributed by atoms with Crippen molar-refractivity contribution >= 4 is 40.5 Å². The third-order valence-electron chi connectivity index (χ3n) is 8.40. The highest BCUT2D eigenvalue weighted by molar-refractivity contribution is 7.80. The van der Waals surface area contributed by atoms with Gasteiger partial charge in [-0.3, -0.25) is 9.59 Å². The molecule has 0 aromatic heterocycles. The van der Waals surface area contributed by atoms with Gasteiger partial charge in [0.15, 0.2) is 5.11 Å². The van der Waals surface area contributed by atoms with Gasteiger partial charge in [-0.25, -0.2) is 0 Å². The van der Waals surface area contributed by atoms with Gasteiger partial charge in [0.2, 0.25) is 11.8 Å². The Hall–Kier alpha value is -3.95. The van der Waals surface area contributed by atoms with E-state index in [0.717, 1.165) is 16.8 Å². The number of hydrogen-bond acceptors (Lipinski definition) is 5. The Morgan fingerprint density at radius 2 is 1.57 bits per heavy atom. The fourth-order valence-corrected chi connectivity index (χ4v) is 6.07. The first-order valence-electron chi connectivity index (χ1n) is 14.5. The van der Waals surface area contributed by atoms with Crippen molar-refractivity contribution in [2.75, 3.05) is 57.5 Å². The molecule has 2 saturated heterocycles. The lowest BCUT2D eigenvalue weighted by atomic mass is 9.83. The number of piperidine rings is 1. The van der Waals surface area contributed by atoms with Crippen LogP contribution in [0.4, 0.5) is 11.4 Å². The van der Waals surface area contributed by atoms with Crippen LogP contribution in [0, 0.1) is 0 Å². The summed E-state index contributed by atoms with van der Waals surface area (Å²) in [5, 5.41) is 7.09. The van der Waals surface area contributed by atoms with Crippen LogP contribution in [0.25, 0.3) is 0 Å². The van der Waals surface area contributed by atoms with Crippen molar-refractivity contribution in [2.24, 2.45) is 0 Å². The molecule has 9 heteroatoms. The fraction of sp³-hybridized carbons (Fsp3) is 0.364. The maximum absolute atomic E-state index is 14.4. The van der Waals surface area contributed by atoms with Gasteiger partial charge in [-0.1, -0.05) is 60.7 Å². The molecule has 0 aliphatic carbocycles. The van der Waals surface area contributed by atoms with Crippen LogP contribution in [0.3, 0.4) is 0 Å². The van der Waals surface area contributed by atoms with Crippen LogP contribution in [0.1, 0.15) is 30.0 Å². The maximum Gasteiger partial charge on any atom is 0.250 e. The van der Waals surface area contributed by atoms with E-state index in [1.54, 1.807) is 0 Å². The van der Waals surface area contributed by atoms with Crippen LogP contribution >= 0.6 is 12.2 Å². The average Bonchev–Trinajstić information content (AvgIpc) is 3.37. The number of nitrogens with one attached hydrogen (secondary N) is 2. The number of thiocarbonyl (C=S) groups is 1. The molecule has 2 amide bonds. The first-order chi connectivity index (χ1) is 20.2. The van der Waals surface area contributed by atoms with Crippen LogP contribution in [-0.4, -0.2) is 84.5 Å². The minimum Gasteiger partial charge on any atom is -0.378 e. The maximum atomic E-state index is 14.4. The normalized spacial score (nSPS) is 18.3. The number of amides is 2. The van der Waals surface area contributed by atoms with Gasteiger partial charge in [-0.2, -0.15) is 0 Å². The van der Waals surface area contributed by atoms with Crippen molar-refractivity contribution in [3.63, 3.8) is 0 Å². The summed E-state index contributed by atoms with van der Waals surface area (Å²) in [6, 6.07) is 27.8. The van der Waals surface area contributed by atoms with E-state index in [2.05, 4.69) is 34.7 Å². The average molecular weight is 585 g/mol. The van der Waals surface area contributed by atoms with Crippen LogP contribution in [0.5, 0.6) is 0 Å². The van der Waals surface area contributed by atoms with E-state index in [-0.39, 0.29) is 24.4 Å². The molecule has 2 N–H and O–H groups in total. The minimum absolute atomic E-state index is 0.0137. The van der Waals surface area contributed by atoms with Gasteiger partial charge in [0.25, 0.3) is 0 Å². The number of nitrogens with zero attached hydrogens (tertiary/aromatic N) is 4. The largest absolute Gasteiger partial charge is 0.378 e. The molecule has 3 aromatic carbocycles. The summed E-state index contributed by atoms with van der Waals surface area (Å²) < 4.78 is 0. The van der Waals surface area contributed by atoms with Crippen LogP contribution in [-0.2, 0) is 16.1 Å². The van der Waals surface area contributed by atoms with E-state index < -0.39 is 5.54 Å². The standard InChI is InChI=1S/C33H40N6O2S/c1-36(2)28-16-14-27(15-17-28)34-31(41)33(18-20-37(3)21-19-33)39(22-25-10-6-4-7-11-25)30(40)24-38-23-29(35-32(38)42)26-12-8-5-9-13-26/h4-17,29H,18-24H2,1-3H3,(H,34,41)(H,35,42). The van der Waals surface area contributed by atoms with E-state index in [1.165, 1.54) is 0 Å². The second kappa shape index (κ2) is 12.9. The molecule has 3 aromatic rings. The fourth-order valence-electron chi connectivity index (χ4n) is 5.79. The van der Waals surface area contributed by atoms with Crippen LogP contribution < -0.4 is 15.5 Å². The molecular formula is C33H40N6O2S. The molecular weight excluding hydrogens is 544 g/mol. The molecule has 1 unspecified atom stereocenters. The first kappa shape index (κ1) is 29.5. The molecule has 8 nitrogen and oxygen atoms in total. The Balaban J connectivity index is 1.43. The number of carbonyl (C=O) groups is 2. The number of benzene rings is 3. The number of likely N-dealkylation sites (tertiary alicyclic amines) is 1. The zero-order valence-electron chi connectivity index (χ0n) is 24.6. The molecule has 0 bridgehead atoms. The molecule has 2 aliphatic heterocycles. The number of rotatable bonds is 9. The summed E-state index contributed by atoms with van der Waals surface area (Å²) in [6.45, 7) is 2.46. The first-order valence-corrected chi connectivity index (χ1v) is 14.9. The molecule has 220 valence electrons. The van der Waals surface area contributed by atoms with Crippen molar-refractivity contribution < 1.29 is 9.59 Å². The van der Waals surface area contributed by atoms with Crippen molar-refractivity contribution in [2.45, 2.75) is 31.0 Å². The zero-order valence-corrected chi connectivity index (χ0v) is 25.4. The summed E-state index contributed by atoms with van der Waals surface area (Å²) in [4.78, 5) is 36.6. The predicted molar refractivity (Wildman–Crippen MR) is 172 cm³/mol. The topological polar surface area (TPSA) is 71.2 Å². The van der Waals surface area contributed by atoms with Gasteiger partial charge in [0.05, 0.1) is 12.6 Å². The molecule has 42 heavy (non-hydrogen) atoms. The summed E-state index contributed by atoms with van der Waals surface area (Å²) in [7, 11) is 6.03. The molecule has 0 saturated carbocycles. The van der Waals surface area contributed by atoms with E-state index in [0.29, 0.717) is 49.8 Å². The predicted octanol–water partition coefficient (Wildman–Crippen LogP) is 4.12. The van der Waals surface area contributed by atoms with Gasteiger partial charge in [-0.15, -0.1) is 0 Å². The summed E-state index contributed by atoms with van der Waals surface area (Å²) in [5.41, 5.74) is 2.87. The van der Waals surface area contributed by atoms with E-state index >= 15 is 0 Å². The van der Waals surface area contributed by atoms with Gasteiger partial charge in [0.1, 0.15) is 5.54 Å². The van der Waals surface area contributed by atoms with Gasteiger partial charge in [-0.05, 0) is 67.5 Å². The SMILES string of the molecule is CN1CCC(C(=O)Nc2ccc(N(C)C)cc2)(N(Cc2ccccc2)C(=O)CN2CC(c3ccccc3)NC2=S)CC1. The molecule has 5 rings (SSSR count). The van der Waals surface area contributed by atoms with Crippen LogP contribution in [0.15, 0.2) is 84.9 Å². The molecule has 2 heterocycles. The van der Waals surface area contributed by atoms with E-state index in [9.17, 15) is 9.59 Å². The van der Waals surface area contributed by atoms with Crippen molar-refractivity contribution in [1.82, 2.24) is 20.0 Å². The lowest BCUT2D eigenvalue weighted by molar-refractivity contribution is -0.149. The Kier molecular flexibility index (Phi) is 9.09. The Morgan fingerprint density at radius 1 is 0.952 bits per heavy atom. The second-order valence-corrected chi connectivity index (χ2v) is 11.9. The summed E-state index contributed by atoms with van der Waals surface area (Å²) in [5.74, 6) is -0.263. The summed E-state index contributed by atoms with van der Waals surface area (Å²) in [6.07, 6.45) is 1.08. The third-order valence-corrected chi connectivity index (χ3v) is 8.77. The van der Waals surface area contributed by atoms with Crippen molar-refractivity contribution in [1.29, 1.82) is 0 Å². The highest BCUT2D eigenvalue weighted by Gasteiger charge is 2.48. The van der Waals surface area contributed by atoms with Gasteiger partial charge in [0, 0.05) is 51.6 Å². The van der Waals surface area contributed by atoms with Crippen molar-refractivity contribution in [3.8, 4) is 0 Å². The van der Waals surface area contributed by atoms with Gasteiger partial charge >= 0.3 is 0 Å². The second-order valence-electron chi connectivity index (χ2n) is 11.5. The van der Waals surface area contributed by atoms with E-state index in [4.69, 9.17) is 12.2 Å². The van der Waals surface area contributed by atoms with E-state index in [1.807, 2.05) is 102 Å². The highest BCUT2D eigenvalue weighted by Crippen LogP contribution is 2.33. The third kappa shape index (κ3) is 6.58. The Labute approximate surface area is 254 Å². The minimum atomic E-state index is -1.01. The highest BCUT2D eigenvalue weighted by atomic mass is 32.1. The number of anilines is 2. The lowest BCUT2D eigenvalue weighted by Gasteiger charge is -2.47. The molecule has 0 spiro atoms. The Bertz CT molecular complexity index is 1370. The summed E-state index contributed by atoms with van der Waals surface area (Å²) >= 11 is 5.67. The zero-order chi connectivity index (χ0) is 29.7. The van der Waals surface area contributed by atoms with Gasteiger partial charge < -0.3 is 30.2 Å². The van der Waals surface area contributed by atoms with Crippen LogP contribution in [0.2, 0.25) is 0 Å². The quantitative estimate of drug-likeness (QED) is 0.367. The lowest BCUT2D eigenvalue weighted by Crippen LogP contribution is -2.64. The smallest absolute Gasteiger partial charge is 0.250 e. The monoisotopic (exact) mass is 584 g/mol. The molecule has 0 radical (unpaired) electrons. The number of carbonyl (C=O) groups excluding carboxylic acids is 2. The molecule has 2 fully saturated rings. The number of hydrogen-bond donors (Lipinski definition) is 2. The molecule has 2 aliphatic rings.